The molecule has 2 rings (SSSR count). The van der Waals surface area contributed by atoms with Gasteiger partial charge in [-0.15, -0.1) is 0 Å². The quantitative estimate of drug-likeness (QED) is 0.650. The van der Waals surface area contributed by atoms with Gasteiger partial charge in [-0.1, -0.05) is 42.8 Å². The fraction of sp³-hybridized carbons (Fsp3) is 0.250. The number of nitrogens with one attached hydrogen (secondary N) is 1. The van der Waals surface area contributed by atoms with Gasteiger partial charge in [0.1, 0.15) is 5.82 Å². The fourth-order valence-electron chi connectivity index (χ4n) is 2.37. The Morgan fingerprint density at radius 1 is 1.20 bits per heavy atom. The molecule has 20 heavy (non-hydrogen) atoms. The first-order chi connectivity index (χ1) is 9.65. The number of benzene rings is 2. The van der Waals surface area contributed by atoms with Crippen LogP contribution in [0.3, 0.4) is 0 Å². The number of halogens is 2. The molecule has 0 fully saturated rings. The van der Waals surface area contributed by atoms with E-state index in [4.69, 9.17) is 17.4 Å². The molecule has 1 atom stereocenters. The van der Waals surface area contributed by atoms with E-state index in [0.717, 1.165) is 17.5 Å². The largest absolute Gasteiger partial charge is 0.271 e. The Morgan fingerprint density at radius 2 is 1.95 bits per heavy atom. The summed E-state index contributed by atoms with van der Waals surface area (Å²) in [6.07, 6.45) is 1.47. The van der Waals surface area contributed by atoms with Crippen LogP contribution in [0, 0.1) is 5.82 Å². The van der Waals surface area contributed by atoms with Crippen LogP contribution in [0.4, 0.5) is 4.39 Å². The minimum Gasteiger partial charge on any atom is -0.271 e. The van der Waals surface area contributed by atoms with Gasteiger partial charge in [-0.25, -0.2) is 4.39 Å². The summed E-state index contributed by atoms with van der Waals surface area (Å²) in [5, 5.41) is 0.556. The van der Waals surface area contributed by atoms with Crippen molar-refractivity contribution in [2.45, 2.75) is 25.8 Å². The van der Waals surface area contributed by atoms with E-state index < -0.39 is 0 Å². The first-order valence-corrected chi connectivity index (χ1v) is 7.01. The van der Waals surface area contributed by atoms with E-state index in [0.29, 0.717) is 11.4 Å². The topological polar surface area (TPSA) is 38.0 Å². The van der Waals surface area contributed by atoms with Gasteiger partial charge in [-0.3, -0.25) is 11.3 Å². The van der Waals surface area contributed by atoms with Gasteiger partial charge in [-0.05, 0) is 47.7 Å². The molecule has 0 saturated heterocycles. The zero-order chi connectivity index (χ0) is 14.5. The molecule has 0 spiro atoms. The predicted molar refractivity (Wildman–Crippen MR) is 81.0 cm³/mol. The Kier molecular flexibility index (Phi) is 5.12. The average molecular weight is 293 g/mol. The Balaban J connectivity index is 2.31. The standard InChI is InChI=1S/C16H18ClFN2/c1-2-11-5-3-4-6-14(11)16(20-19)10-12-9-13(18)7-8-15(12)17/h3-9,16,20H,2,10,19H2,1H3. The summed E-state index contributed by atoms with van der Waals surface area (Å²) in [5.74, 6) is 5.39. The summed E-state index contributed by atoms with van der Waals surface area (Å²) >= 11 is 6.12. The third-order valence-electron chi connectivity index (χ3n) is 3.44. The molecule has 2 aromatic rings. The molecule has 0 amide bonds. The molecule has 0 bridgehead atoms. The fourth-order valence-corrected chi connectivity index (χ4v) is 2.57. The molecule has 2 nitrogen and oxygen atoms in total. The molecule has 0 aromatic heterocycles. The second kappa shape index (κ2) is 6.84. The van der Waals surface area contributed by atoms with Gasteiger partial charge in [0.05, 0.1) is 6.04 Å². The Morgan fingerprint density at radius 3 is 2.65 bits per heavy atom. The maximum absolute atomic E-state index is 13.3. The van der Waals surface area contributed by atoms with E-state index in [1.165, 1.54) is 17.7 Å². The van der Waals surface area contributed by atoms with E-state index in [9.17, 15) is 4.39 Å². The molecule has 0 aliphatic carbocycles. The lowest BCUT2D eigenvalue weighted by atomic mass is 9.94. The van der Waals surface area contributed by atoms with Crippen LogP contribution in [-0.4, -0.2) is 0 Å². The molecule has 0 aliphatic rings. The van der Waals surface area contributed by atoms with Crippen molar-refractivity contribution in [3.05, 3.63) is 70.0 Å². The van der Waals surface area contributed by atoms with Crippen molar-refractivity contribution in [1.29, 1.82) is 0 Å². The second-order valence-corrected chi connectivity index (χ2v) is 5.12. The van der Waals surface area contributed by atoms with Gasteiger partial charge in [0.15, 0.2) is 0 Å². The number of nitrogens with two attached hydrogens (primary N) is 1. The minimum absolute atomic E-state index is 0.0922. The van der Waals surface area contributed by atoms with Crippen LogP contribution in [0.5, 0.6) is 0 Å². The van der Waals surface area contributed by atoms with Gasteiger partial charge in [-0.2, -0.15) is 0 Å². The molecule has 106 valence electrons. The van der Waals surface area contributed by atoms with Gasteiger partial charge in [0, 0.05) is 5.02 Å². The SMILES string of the molecule is CCc1ccccc1C(Cc1cc(F)ccc1Cl)NN. The number of rotatable bonds is 5. The van der Waals surface area contributed by atoms with Crippen LogP contribution in [0.1, 0.15) is 29.7 Å². The highest BCUT2D eigenvalue weighted by Gasteiger charge is 2.15. The van der Waals surface area contributed by atoms with E-state index in [2.05, 4.69) is 18.4 Å². The second-order valence-electron chi connectivity index (χ2n) is 4.71. The highest BCUT2D eigenvalue weighted by atomic mass is 35.5. The van der Waals surface area contributed by atoms with E-state index >= 15 is 0 Å². The predicted octanol–water partition coefficient (Wildman–Crippen LogP) is 3.79. The highest BCUT2D eigenvalue weighted by molar-refractivity contribution is 6.31. The third kappa shape index (κ3) is 3.37. The molecular weight excluding hydrogens is 275 g/mol. The summed E-state index contributed by atoms with van der Waals surface area (Å²) < 4.78 is 13.3. The molecule has 2 aromatic carbocycles. The number of hydrogen-bond donors (Lipinski definition) is 2. The van der Waals surface area contributed by atoms with Crippen molar-refractivity contribution in [3.63, 3.8) is 0 Å². The van der Waals surface area contributed by atoms with Crippen LogP contribution in [0.25, 0.3) is 0 Å². The van der Waals surface area contributed by atoms with Gasteiger partial charge >= 0.3 is 0 Å². The zero-order valence-electron chi connectivity index (χ0n) is 11.4. The van der Waals surface area contributed by atoms with Crippen molar-refractivity contribution >= 4 is 11.6 Å². The van der Waals surface area contributed by atoms with Crippen LogP contribution in [0.15, 0.2) is 42.5 Å². The highest BCUT2D eigenvalue weighted by Crippen LogP contribution is 2.26. The maximum atomic E-state index is 13.3. The number of hydrazine groups is 1. The number of hydrogen-bond acceptors (Lipinski definition) is 2. The molecule has 1 unspecified atom stereocenters. The average Bonchev–Trinajstić information content (AvgIpc) is 2.48. The van der Waals surface area contributed by atoms with Gasteiger partial charge < -0.3 is 0 Å². The van der Waals surface area contributed by atoms with Crippen LogP contribution in [-0.2, 0) is 12.8 Å². The maximum Gasteiger partial charge on any atom is 0.123 e. The molecule has 4 heteroatoms. The lowest BCUT2D eigenvalue weighted by Crippen LogP contribution is -2.30. The molecule has 0 radical (unpaired) electrons. The monoisotopic (exact) mass is 292 g/mol. The lowest BCUT2D eigenvalue weighted by Gasteiger charge is -2.20. The summed E-state index contributed by atoms with van der Waals surface area (Å²) in [4.78, 5) is 0. The van der Waals surface area contributed by atoms with Crippen LogP contribution < -0.4 is 11.3 Å². The Hall–Kier alpha value is -1.42. The van der Waals surface area contributed by atoms with Gasteiger partial charge in [0.2, 0.25) is 0 Å². The summed E-state index contributed by atoms with van der Waals surface area (Å²) in [6.45, 7) is 2.10. The van der Waals surface area contributed by atoms with Crippen molar-refractivity contribution in [2.24, 2.45) is 5.84 Å². The first-order valence-electron chi connectivity index (χ1n) is 6.63. The Bertz CT molecular complexity index is 586. The minimum atomic E-state index is -0.288. The third-order valence-corrected chi connectivity index (χ3v) is 3.81. The van der Waals surface area contributed by atoms with Crippen molar-refractivity contribution < 1.29 is 4.39 Å². The summed E-state index contributed by atoms with van der Waals surface area (Å²) in [6, 6.07) is 12.4. The van der Waals surface area contributed by atoms with E-state index in [1.807, 2.05) is 18.2 Å². The number of aryl methyl sites for hydroxylation is 1. The smallest absolute Gasteiger partial charge is 0.123 e. The first kappa shape index (κ1) is 15.0. The lowest BCUT2D eigenvalue weighted by molar-refractivity contribution is 0.544. The zero-order valence-corrected chi connectivity index (χ0v) is 12.1. The Labute approximate surface area is 123 Å². The summed E-state index contributed by atoms with van der Waals surface area (Å²) in [5.41, 5.74) is 5.91. The molecular formula is C16H18ClFN2. The van der Waals surface area contributed by atoms with E-state index in [1.54, 1.807) is 6.07 Å². The molecule has 0 saturated carbocycles. The van der Waals surface area contributed by atoms with Crippen molar-refractivity contribution in [2.75, 3.05) is 0 Å². The van der Waals surface area contributed by atoms with Crippen molar-refractivity contribution in [1.82, 2.24) is 5.43 Å². The normalized spacial score (nSPS) is 12.4. The summed E-state index contributed by atoms with van der Waals surface area (Å²) in [7, 11) is 0. The van der Waals surface area contributed by atoms with Crippen molar-refractivity contribution in [3.8, 4) is 0 Å². The van der Waals surface area contributed by atoms with Crippen LogP contribution >= 0.6 is 11.6 Å². The molecule has 0 aliphatic heterocycles. The molecule has 3 N–H and O–H groups in total. The van der Waals surface area contributed by atoms with Gasteiger partial charge in [0.25, 0.3) is 0 Å². The van der Waals surface area contributed by atoms with E-state index in [-0.39, 0.29) is 11.9 Å². The van der Waals surface area contributed by atoms with Crippen LogP contribution in [0.2, 0.25) is 5.02 Å². The molecule has 0 heterocycles.